The van der Waals surface area contributed by atoms with Crippen molar-refractivity contribution in [2.45, 2.75) is 63.8 Å². The van der Waals surface area contributed by atoms with Crippen molar-refractivity contribution in [3.63, 3.8) is 0 Å². The van der Waals surface area contributed by atoms with Crippen LogP contribution in [0, 0.1) is 10.1 Å². The molecule has 0 spiro atoms. The summed E-state index contributed by atoms with van der Waals surface area (Å²) in [6.45, 7) is 5.09. The molecule has 2 aliphatic rings. The molecule has 3 rings (SSSR count). The highest BCUT2D eigenvalue weighted by atomic mass is 16.8. The second kappa shape index (κ2) is 8.10. The predicted octanol–water partition coefficient (Wildman–Crippen LogP) is 0.853. The quantitative estimate of drug-likeness (QED) is 0.554. The molecule has 0 radical (unpaired) electrons. The SMILES string of the molecule is CC(=O)N[C@@H]1[C@H](OCc2ccc([N+](=O)[O-])cc2)O[C@@H]2COC(C)(C)O[C@H]2[C@H]1O. The molecular weight excluding hydrogens is 372 g/mol. The number of aliphatic hydroxyl groups is 1. The lowest BCUT2D eigenvalue weighted by Gasteiger charge is -2.49. The molecule has 0 aromatic heterocycles. The Morgan fingerprint density at radius 2 is 2.07 bits per heavy atom. The molecule has 0 bridgehead atoms. The van der Waals surface area contributed by atoms with Crippen molar-refractivity contribution in [3.05, 3.63) is 39.9 Å². The third-order valence-electron chi connectivity index (χ3n) is 4.62. The molecule has 10 heteroatoms. The topological polar surface area (TPSA) is 129 Å². The van der Waals surface area contributed by atoms with Gasteiger partial charge in [0.05, 0.1) is 18.1 Å². The number of aliphatic hydroxyl groups excluding tert-OH is 1. The highest BCUT2D eigenvalue weighted by Crippen LogP contribution is 2.33. The Morgan fingerprint density at radius 1 is 1.39 bits per heavy atom. The Kier molecular flexibility index (Phi) is 5.96. The molecule has 2 heterocycles. The molecule has 0 aliphatic carbocycles. The van der Waals surface area contributed by atoms with E-state index in [0.717, 1.165) is 0 Å². The second-order valence-electron chi connectivity index (χ2n) is 7.29. The highest BCUT2D eigenvalue weighted by molar-refractivity contribution is 5.73. The van der Waals surface area contributed by atoms with Gasteiger partial charge in [0, 0.05) is 19.1 Å². The number of rotatable bonds is 5. The minimum atomic E-state index is -1.06. The van der Waals surface area contributed by atoms with Gasteiger partial charge in [0.2, 0.25) is 5.91 Å². The maximum Gasteiger partial charge on any atom is 0.269 e. The lowest BCUT2D eigenvalue weighted by molar-refractivity contribution is -0.384. The van der Waals surface area contributed by atoms with E-state index in [1.165, 1.54) is 19.1 Å². The molecule has 154 valence electrons. The van der Waals surface area contributed by atoms with Crippen LogP contribution in [0.2, 0.25) is 0 Å². The van der Waals surface area contributed by atoms with E-state index in [0.29, 0.717) is 5.56 Å². The summed E-state index contributed by atoms with van der Waals surface area (Å²) in [4.78, 5) is 21.9. The van der Waals surface area contributed by atoms with Gasteiger partial charge in [-0.1, -0.05) is 0 Å². The van der Waals surface area contributed by atoms with Gasteiger partial charge in [0.15, 0.2) is 12.1 Å². The summed E-state index contributed by atoms with van der Waals surface area (Å²) in [6, 6.07) is 5.06. The van der Waals surface area contributed by atoms with Gasteiger partial charge in [-0.2, -0.15) is 0 Å². The molecule has 0 saturated carbocycles. The number of benzene rings is 1. The Bertz CT molecular complexity index is 723. The lowest BCUT2D eigenvalue weighted by atomic mass is 9.95. The van der Waals surface area contributed by atoms with Gasteiger partial charge in [-0.05, 0) is 31.5 Å². The number of non-ortho nitro benzene ring substituents is 1. The number of hydrogen-bond acceptors (Lipinski definition) is 8. The molecule has 1 aromatic carbocycles. The first kappa shape index (κ1) is 20.6. The van der Waals surface area contributed by atoms with E-state index in [2.05, 4.69) is 5.32 Å². The summed E-state index contributed by atoms with van der Waals surface area (Å²) >= 11 is 0. The van der Waals surface area contributed by atoms with Crippen molar-refractivity contribution in [3.8, 4) is 0 Å². The van der Waals surface area contributed by atoms with E-state index in [4.69, 9.17) is 18.9 Å². The second-order valence-corrected chi connectivity index (χ2v) is 7.29. The Labute approximate surface area is 161 Å². The minimum absolute atomic E-state index is 0.0221. The first-order valence-electron chi connectivity index (χ1n) is 8.93. The number of carbonyl (C=O) groups is 1. The number of nitro benzene ring substituents is 1. The van der Waals surface area contributed by atoms with Gasteiger partial charge in [0.25, 0.3) is 5.69 Å². The number of amides is 1. The van der Waals surface area contributed by atoms with Gasteiger partial charge in [0.1, 0.15) is 24.4 Å². The Balaban J connectivity index is 1.71. The third-order valence-corrected chi connectivity index (χ3v) is 4.62. The zero-order valence-corrected chi connectivity index (χ0v) is 15.9. The van der Waals surface area contributed by atoms with Crippen LogP contribution in [-0.2, 0) is 30.3 Å². The zero-order valence-electron chi connectivity index (χ0n) is 15.9. The average molecular weight is 396 g/mol. The van der Waals surface area contributed by atoms with Crippen LogP contribution >= 0.6 is 0 Å². The van der Waals surface area contributed by atoms with Crippen molar-refractivity contribution in [1.29, 1.82) is 0 Å². The lowest BCUT2D eigenvalue weighted by Crippen LogP contribution is -2.68. The van der Waals surface area contributed by atoms with E-state index >= 15 is 0 Å². The summed E-state index contributed by atoms with van der Waals surface area (Å²) in [5.74, 6) is -1.22. The molecule has 1 aromatic rings. The van der Waals surface area contributed by atoms with Crippen molar-refractivity contribution in [2.75, 3.05) is 6.61 Å². The van der Waals surface area contributed by atoms with E-state index in [1.54, 1.807) is 26.0 Å². The third kappa shape index (κ3) is 4.65. The van der Waals surface area contributed by atoms with Crippen molar-refractivity contribution < 1.29 is 33.8 Å². The van der Waals surface area contributed by atoms with Crippen LogP contribution in [0.3, 0.4) is 0 Å². The smallest absolute Gasteiger partial charge is 0.269 e. The van der Waals surface area contributed by atoms with Gasteiger partial charge in [-0.15, -0.1) is 0 Å². The normalized spacial score (nSPS) is 31.6. The first-order valence-corrected chi connectivity index (χ1v) is 8.93. The molecule has 2 fully saturated rings. The fourth-order valence-electron chi connectivity index (χ4n) is 3.27. The van der Waals surface area contributed by atoms with E-state index in [1.807, 2.05) is 0 Å². The molecule has 2 saturated heterocycles. The average Bonchev–Trinajstić information content (AvgIpc) is 2.63. The standard InChI is InChI=1S/C18H24N2O8/c1-10(21)19-14-15(22)16-13(9-26-18(2,3)28-16)27-17(14)25-8-11-4-6-12(7-5-11)20(23)24/h4-7,13-17,22H,8-9H2,1-3H3,(H,19,21)/t13-,14+,15+,16-,17-/m1/s1. The summed E-state index contributed by atoms with van der Waals surface area (Å²) in [6.07, 6.45) is -3.24. The summed E-state index contributed by atoms with van der Waals surface area (Å²) in [5.41, 5.74) is 0.663. The van der Waals surface area contributed by atoms with Gasteiger partial charge < -0.3 is 29.4 Å². The molecule has 2 N–H and O–H groups in total. The van der Waals surface area contributed by atoms with E-state index in [9.17, 15) is 20.0 Å². The van der Waals surface area contributed by atoms with E-state index in [-0.39, 0.29) is 24.8 Å². The number of nitrogens with one attached hydrogen (secondary N) is 1. The summed E-state index contributed by atoms with van der Waals surface area (Å²) < 4.78 is 23.0. The fourth-order valence-corrected chi connectivity index (χ4v) is 3.27. The van der Waals surface area contributed by atoms with Crippen LogP contribution in [0.4, 0.5) is 5.69 Å². The Morgan fingerprint density at radius 3 is 2.68 bits per heavy atom. The minimum Gasteiger partial charge on any atom is -0.388 e. The number of hydrogen-bond donors (Lipinski definition) is 2. The molecule has 0 unspecified atom stereocenters. The van der Waals surface area contributed by atoms with Crippen molar-refractivity contribution in [1.82, 2.24) is 5.32 Å². The van der Waals surface area contributed by atoms with Crippen LogP contribution in [0.25, 0.3) is 0 Å². The number of fused-ring (bicyclic) bond motifs is 1. The molecule has 1 amide bonds. The maximum atomic E-state index is 11.6. The largest absolute Gasteiger partial charge is 0.388 e. The monoisotopic (exact) mass is 396 g/mol. The number of nitrogens with zero attached hydrogens (tertiary/aromatic N) is 1. The van der Waals surface area contributed by atoms with Gasteiger partial charge in [-0.3, -0.25) is 14.9 Å². The molecule has 10 nitrogen and oxygen atoms in total. The van der Waals surface area contributed by atoms with Crippen molar-refractivity contribution >= 4 is 11.6 Å². The van der Waals surface area contributed by atoms with Crippen LogP contribution in [0.15, 0.2) is 24.3 Å². The Hall–Kier alpha value is -2.11. The van der Waals surface area contributed by atoms with Crippen LogP contribution in [0.1, 0.15) is 26.3 Å². The molecule has 2 aliphatic heterocycles. The van der Waals surface area contributed by atoms with Crippen molar-refractivity contribution in [2.24, 2.45) is 0 Å². The predicted molar refractivity (Wildman–Crippen MR) is 95.1 cm³/mol. The van der Waals surface area contributed by atoms with Crippen LogP contribution < -0.4 is 5.32 Å². The van der Waals surface area contributed by atoms with Gasteiger partial charge in [-0.25, -0.2) is 0 Å². The van der Waals surface area contributed by atoms with Crippen LogP contribution in [-0.4, -0.2) is 59.0 Å². The fraction of sp³-hybridized carbons (Fsp3) is 0.611. The van der Waals surface area contributed by atoms with Gasteiger partial charge >= 0.3 is 0 Å². The highest BCUT2D eigenvalue weighted by Gasteiger charge is 2.51. The number of nitro groups is 1. The summed E-state index contributed by atoms with van der Waals surface area (Å²) in [5, 5.41) is 24.2. The maximum absolute atomic E-state index is 11.6. The van der Waals surface area contributed by atoms with E-state index < -0.39 is 41.4 Å². The molecule has 28 heavy (non-hydrogen) atoms. The first-order chi connectivity index (χ1) is 13.2. The number of ether oxygens (including phenoxy) is 4. The summed E-state index contributed by atoms with van der Waals surface area (Å²) in [7, 11) is 0. The van der Waals surface area contributed by atoms with Crippen LogP contribution in [0.5, 0.6) is 0 Å². The molecule has 5 atom stereocenters. The zero-order chi connectivity index (χ0) is 20.5. The number of carbonyl (C=O) groups excluding carboxylic acids is 1. The molecular formula is C18H24N2O8.